The number of hydrogen-bond acceptors (Lipinski definition) is 4. The van der Waals surface area contributed by atoms with Crippen LogP contribution in [0.4, 0.5) is 0 Å². The maximum Gasteiger partial charge on any atom is 0.338 e. The van der Waals surface area contributed by atoms with Crippen LogP contribution in [-0.4, -0.2) is 39.2 Å². The maximum absolute atomic E-state index is 12.3. The second kappa shape index (κ2) is 6.82. The van der Waals surface area contributed by atoms with E-state index in [1.54, 1.807) is 12.1 Å². The fraction of sp³-hybridized carbons (Fsp3) is 0.294. The number of esters is 2. The van der Waals surface area contributed by atoms with Crippen LogP contribution in [0.3, 0.4) is 0 Å². The summed E-state index contributed by atoms with van der Waals surface area (Å²) in [6.45, 7) is 6.45. The Morgan fingerprint density at radius 1 is 1.17 bits per heavy atom. The smallest absolute Gasteiger partial charge is 0.338 e. The summed E-state index contributed by atoms with van der Waals surface area (Å²) in [6, 6.07) is 5.41. The highest BCUT2D eigenvalue weighted by atomic mass is 35.5. The molecule has 1 aromatic carbocycles. The summed E-state index contributed by atoms with van der Waals surface area (Å²) in [5.41, 5.74) is 1.67. The maximum atomic E-state index is 12.3. The Bertz CT molecular complexity index is 833. The summed E-state index contributed by atoms with van der Waals surface area (Å²) >= 11 is 6.14. The molecule has 2 rings (SSSR count). The van der Waals surface area contributed by atoms with E-state index in [2.05, 4.69) is 29.4 Å². The van der Waals surface area contributed by atoms with E-state index in [-0.39, 0.29) is 5.57 Å². The summed E-state index contributed by atoms with van der Waals surface area (Å²) in [6.07, 6.45) is 1.17. The molecule has 0 bridgehead atoms. The van der Waals surface area contributed by atoms with Crippen molar-refractivity contribution in [2.45, 2.75) is 19.6 Å². The van der Waals surface area contributed by atoms with Gasteiger partial charge in [0.25, 0.3) is 0 Å². The number of hydrogen-bond donors (Lipinski definition) is 1. The van der Waals surface area contributed by atoms with Gasteiger partial charge in [-0.2, -0.15) is 0 Å². The van der Waals surface area contributed by atoms with Gasteiger partial charge >= 0.3 is 11.9 Å². The molecule has 0 atom stereocenters. The van der Waals surface area contributed by atoms with Gasteiger partial charge in [-0.25, -0.2) is 9.59 Å². The molecule has 0 saturated heterocycles. The van der Waals surface area contributed by atoms with Crippen molar-refractivity contribution >= 4 is 53.4 Å². The highest BCUT2D eigenvalue weighted by molar-refractivity contribution is 6.89. The van der Waals surface area contributed by atoms with E-state index in [1.165, 1.54) is 20.3 Å². The average Bonchev–Trinajstić information content (AvgIpc) is 2.90. The van der Waals surface area contributed by atoms with Crippen molar-refractivity contribution in [3.63, 3.8) is 0 Å². The molecule has 7 heteroatoms. The number of carbonyl (C=O) groups excluding carboxylic acids is 2. The van der Waals surface area contributed by atoms with Crippen molar-refractivity contribution in [3.8, 4) is 0 Å². The lowest BCUT2D eigenvalue weighted by Gasteiger charge is -2.18. The van der Waals surface area contributed by atoms with Crippen LogP contribution in [0.5, 0.6) is 0 Å². The molecular weight excluding hydrogens is 346 g/mol. The van der Waals surface area contributed by atoms with Gasteiger partial charge in [0, 0.05) is 32.9 Å². The fourth-order valence-electron chi connectivity index (χ4n) is 2.53. The quantitative estimate of drug-likeness (QED) is 0.513. The molecule has 2 aromatic rings. The monoisotopic (exact) mass is 365 g/mol. The molecule has 0 radical (unpaired) electrons. The van der Waals surface area contributed by atoms with E-state index in [0.29, 0.717) is 10.6 Å². The van der Waals surface area contributed by atoms with Crippen LogP contribution in [0.2, 0.25) is 24.7 Å². The van der Waals surface area contributed by atoms with E-state index in [1.807, 2.05) is 6.07 Å². The van der Waals surface area contributed by atoms with Crippen molar-refractivity contribution in [1.82, 2.24) is 4.98 Å². The number of aromatic nitrogens is 1. The number of carbonyl (C=O) groups is 2. The van der Waals surface area contributed by atoms with Gasteiger partial charge in [0.1, 0.15) is 0 Å². The highest BCUT2D eigenvalue weighted by Gasteiger charge is 2.29. The van der Waals surface area contributed by atoms with Crippen molar-refractivity contribution in [2.75, 3.05) is 14.2 Å². The summed E-state index contributed by atoms with van der Waals surface area (Å²) in [4.78, 5) is 27.5. The van der Waals surface area contributed by atoms with Gasteiger partial charge in [0.15, 0.2) is 0 Å². The van der Waals surface area contributed by atoms with E-state index >= 15 is 0 Å². The third-order valence-corrected chi connectivity index (χ3v) is 5.76. The number of methoxy groups -OCH3 is 2. The fourth-order valence-corrected chi connectivity index (χ4v) is 4.23. The number of aromatic amines is 1. The molecule has 0 aliphatic carbocycles. The second-order valence-electron chi connectivity index (χ2n) is 6.39. The van der Waals surface area contributed by atoms with Gasteiger partial charge in [-0.15, -0.1) is 0 Å². The van der Waals surface area contributed by atoms with Crippen LogP contribution in [0.1, 0.15) is 5.56 Å². The topological polar surface area (TPSA) is 68.4 Å². The minimum atomic E-state index is -1.86. The lowest BCUT2D eigenvalue weighted by Crippen LogP contribution is -2.41. The summed E-state index contributed by atoms with van der Waals surface area (Å²) in [5.74, 6) is -1.21. The lowest BCUT2D eigenvalue weighted by molar-refractivity contribution is -0.136. The van der Waals surface area contributed by atoms with Gasteiger partial charge in [-0.05, 0) is 18.2 Å². The predicted molar refractivity (Wildman–Crippen MR) is 98.3 cm³/mol. The first-order valence-corrected chi connectivity index (χ1v) is 11.3. The zero-order valence-corrected chi connectivity index (χ0v) is 16.1. The van der Waals surface area contributed by atoms with E-state index in [9.17, 15) is 9.59 Å². The number of benzene rings is 1. The Morgan fingerprint density at radius 2 is 1.83 bits per heavy atom. The van der Waals surface area contributed by atoms with E-state index in [0.717, 1.165) is 16.2 Å². The molecule has 0 amide bonds. The van der Waals surface area contributed by atoms with Crippen LogP contribution >= 0.6 is 11.6 Å². The Balaban J connectivity index is 2.88. The molecular formula is C17H20ClNO4Si. The van der Waals surface area contributed by atoms with E-state index < -0.39 is 20.0 Å². The van der Waals surface area contributed by atoms with Gasteiger partial charge in [0.2, 0.25) is 0 Å². The average molecular weight is 366 g/mol. The SMILES string of the molecule is COC(=O)/C=C(\C(=O)OC)c1c([Si](C)(C)C)[nH]c2ccc(Cl)cc12. The van der Waals surface area contributed by atoms with Crippen LogP contribution in [0.15, 0.2) is 24.3 Å². The first-order valence-electron chi connectivity index (χ1n) is 7.39. The molecule has 0 unspecified atom stereocenters. The largest absolute Gasteiger partial charge is 0.466 e. The van der Waals surface area contributed by atoms with Gasteiger partial charge in [-0.1, -0.05) is 31.2 Å². The Labute approximate surface area is 146 Å². The number of halogens is 1. The molecule has 1 aromatic heterocycles. The molecule has 1 N–H and O–H groups in total. The standard InChI is InChI=1S/C17H20ClNO4Si/c1-22-14(20)9-12(17(21)23-2)15-11-8-10(18)6-7-13(11)19-16(15)24(3,4)5/h6-9,19H,1-5H3/b12-9-. The van der Waals surface area contributed by atoms with Gasteiger partial charge in [-0.3, -0.25) is 0 Å². The number of ether oxygens (including phenoxy) is 2. The number of H-pyrrole nitrogens is 1. The first kappa shape index (κ1) is 18.3. The molecule has 24 heavy (non-hydrogen) atoms. The van der Waals surface area contributed by atoms with E-state index in [4.69, 9.17) is 16.3 Å². The van der Waals surface area contributed by atoms with Crippen LogP contribution in [-0.2, 0) is 19.1 Å². The van der Waals surface area contributed by atoms with Crippen molar-refractivity contribution < 1.29 is 19.1 Å². The van der Waals surface area contributed by atoms with Crippen LogP contribution in [0, 0.1) is 0 Å². The molecule has 0 aliphatic heterocycles. The van der Waals surface area contributed by atoms with Gasteiger partial charge < -0.3 is 14.5 Å². The van der Waals surface area contributed by atoms with Crippen molar-refractivity contribution in [2.24, 2.45) is 0 Å². The normalized spacial score (nSPS) is 12.3. The Morgan fingerprint density at radius 3 is 2.38 bits per heavy atom. The van der Waals surface area contributed by atoms with Crippen LogP contribution in [0.25, 0.3) is 16.5 Å². The van der Waals surface area contributed by atoms with Crippen LogP contribution < -0.4 is 5.32 Å². The van der Waals surface area contributed by atoms with Gasteiger partial charge in [0.05, 0.1) is 27.9 Å². The molecule has 0 spiro atoms. The molecule has 1 heterocycles. The molecule has 128 valence electrons. The zero-order valence-electron chi connectivity index (χ0n) is 14.3. The summed E-state index contributed by atoms with van der Waals surface area (Å²) < 4.78 is 9.57. The molecule has 5 nitrogen and oxygen atoms in total. The molecule has 0 aliphatic rings. The number of rotatable bonds is 4. The first-order chi connectivity index (χ1) is 11.2. The Hall–Kier alpha value is -2.05. The minimum Gasteiger partial charge on any atom is -0.466 e. The number of nitrogens with one attached hydrogen (secondary N) is 1. The van der Waals surface area contributed by atoms with Crippen molar-refractivity contribution in [1.29, 1.82) is 0 Å². The highest BCUT2D eigenvalue weighted by Crippen LogP contribution is 2.29. The summed E-state index contributed by atoms with van der Waals surface area (Å²) in [7, 11) is 0.684. The second-order valence-corrected chi connectivity index (χ2v) is 11.8. The number of fused-ring (bicyclic) bond motifs is 1. The molecule has 0 saturated carbocycles. The zero-order chi connectivity index (χ0) is 18.1. The lowest BCUT2D eigenvalue weighted by atomic mass is 10.0. The molecule has 0 fully saturated rings. The predicted octanol–water partition coefficient (Wildman–Crippen LogP) is 3.10. The Kier molecular flexibility index (Phi) is 5.20. The summed E-state index contributed by atoms with van der Waals surface area (Å²) in [5, 5.41) is 2.27. The minimum absolute atomic E-state index is 0.162. The third-order valence-electron chi connectivity index (χ3n) is 3.65. The third kappa shape index (κ3) is 3.54. The van der Waals surface area contributed by atoms with Crippen molar-refractivity contribution in [3.05, 3.63) is 34.9 Å².